The van der Waals surface area contributed by atoms with Crippen LogP contribution in [0.3, 0.4) is 0 Å². The second-order valence-electron chi connectivity index (χ2n) is 5.80. The number of carbonyl (C=O) groups excluding carboxylic acids is 1. The zero-order valence-electron chi connectivity index (χ0n) is 11.3. The van der Waals surface area contributed by atoms with Crippen molar-refractivity contribution in [2.45, 2.75) is 24.3 Å². The highest BCUT2D eigenvalue weighted by molar-refractivity contribution is 6.00. The van der Waals surface area contributed by atoms with Gasteiger partial charge in [-0.05, 0) is 24.5 Å². The van der Waals surface area contributed by atoms with Crippen LogP contribution in [0.25, 0.3) is 0 Å². The molecular formula is C15H19ClN2O2. The third kappa shape index (κ3) is 2.03. The molecule has 4 rings (SSSR count). The Hall–Kier alpha value is -1.10. The molecule has 3 aliphatic rings. The summed E-state index contributed by atoms with van der Waals surface area (Å²) in [7, 11) is 0. The van der Waals surface area contributed by atoms with Crippen molar-refractivity contribution in [3.8, 4) is 0 Å². The average molecular weight is 295 g/mol. The van der Waals surface area contributed by atoms with E-state index in [0.717, 1.165) is 18.8 Å². The Bertz CT molecular complexity index is 524. The SMILES string of the molecule is Cl.O=C(C1COCCN1)N1CC2(CC2)c2ccccc21. The number of benzene rings is 1. The van der Waals surface area contributed by atoms with E-state index in [-0.39, 0.29) is 29.8 Å². The van der Waals surface area contributed by atoms with E-state index in [1.807, 2.05) is 11.0 Å². The van der Waals surface area contributed by atoms with Crippen LogP contribution in [0.2, 0.25) is 0 Å². The molecule has 4 nitrogen and oxygen atoms in total. The molecule has 20 heavy (non-hydrogen) atoms. The first kappa shape index (κ1) is 13.9. The van der Waals surface area contributed by atoms with Gasteiger partial charge in [0, 0.05) is 24.2 Å². The summed E-state index contributed by atoms with van der Waals surface area (Å²) in [6, 6.07) is 8.17. The second kappa shape index (κ2) is 5.02. The molecule has 108 valence electrons. The predicted molar refractivity (Wildman–Crippen MR) is 79.6 cm³/mol. The molecule has 2 heterocycles. The van der Waals surface area contributed by atoms with Crippen molar-refractivity contribution in [3.05, 3.63) is 29.8 Å². The first-order chi connectivity index (χ1) is 9.30. The zero-order chi connectivity index (χ0) is 12.9. The molecule has 1 N–H and O–H groups in total. The molecule has 1 aromatic rings. The Morgan fingerprint density at radius 3 is 2.85 bits per heavy atom. The van der Waals surface area contributed by atoms with Crippen LogP contribution < -0.4 is 10.2 Å². The summed E-state index contributed by atoms with van der Waals surface area (Å²) in [5.41, 5.74) is 2.74. The fraction of sp³-hybridized carbons (Fsp3) is 0.533. The summed E-state index contributed by atoms with van der Waals surface area (Å²) in [6.45, 7) is 2.80. The monoisotopic (exact) mass is 294 g/mol. The molecule has 1 atom stereocenters. The molecule has 5 heteroatoms. The number of rotatable bonds is 1. The standard InChI is InChI=1S/C15H18N2O2.ClH/c18-14(12-9-19-8-7-16-12)17-10-15(5-6-15)11-3-1-2-4-13(11)17;/h1-4,12,16H,5-10H2;1H. The Morgan fingerprint density at radius 1 is 1.35 bits per heavy atom. The van der Waals surface area contributed by atoms with Gasteiger partial charge in [0.1, 0.15) is 6.04 Å². The van der Waals surface area contributed by atoms with Crippen molar-refractivity contribution >= 4 is 24.0 Å². The van der Waals surface area contributed by atoms with E-state index in [4.69, 9.17) is 4.74 Å². The first-order valence-electron chi connectivity index (χ1n) is 7.02. The largest absolute Gasteiger partial charge is 0.378 e. The van der Waals surface area contributed by atoms with Crippen LogP contribution in [-0.2, 0) is 14.9 Å². The van der Waals surface area contributed by atoms with Crippen molar-refractivity contribution in [1.82, 2.24) is 5.32 Å². The number of fused-ring (bicyclic) bond motifs is 2. The highest BCUT2D eigenvalue weighted by Gasteiger charge is 2.53. The van der Waals surface area contributed by atoms with Gasteiger partial charge in [0.15, 0.2) is 0 Å². The highest BCUT2D eigenvalue weighted by Crippen LogP contribution is 2.56. The van der Waals surface area contributed by atoms with Gasteiger partial charge in [-0.15, -0.1) is 12.4 Å². The Morgan fingerprint density at radius 2 is 2.15 bits per heavy atom. The lowest BCUT2D eigenvalue weighted by atomic mass is 9.99. The molecule has 2 aliphatic heterocycles. The molecule has 0 aromatic heterocycles. The smallest absolute Gasteiger partial charge is 0.246 e. The number of carbonyl (C=O) groups is 1. The number of nitrogens with zero attached hydrogens (tertiary/aromatic N) is 1. The third-order valence-electron chi connectivity index (χ3n) is 4.57. The van der Waals surface area contributed by atoms with Gasteiger partial charge >= 0.3 is 0 Å². The molecule has 0 radical (unpaired) electrons. The van der Waals surface area contributed by atoms with Crippen LogP contribution in [0.4, 0.5) is 5.69 Å². The quantitative estimate of drug-likeness (QED) is 0.853. The van der Waals surface area contributed by atoms with Gasteiger partial charge in [0.05, 0.1) is 13.2 Å². The lowest BCUT2D eigenvalue weighted by Crippen LogP contribution is -2.52. The number of amides is 1. The van der Waals surface area contributed by atoms with Gasteiger partial charge in [-0.1, -0.05) is 18.2 Å². The van der Waals surface area contributed by atoms with Gasteiger partial charge in [-0.3, -0.25) is 4.79 Å². The number of hydrogen-bond acceptors (Lipinski definition) is 3. The number of halogens is 1. The van der Waals surface area contributed by atoms with E-state index in [2.05, 4.69) is 23.5 Å². The van der Waals surface area contributed by atoms with Gasteiger partial charge < -0.3 is 15.0 Å². The molecule has 1 aliphatic carbocycles. The summed E-state index contributed by atoms with van der Waals surface area (Å²) in [6.07, 6.45) is 2.42. The fourth-order valence-corrected chi connectivity index (χ4v) is 3.32. The minimum Gasteiger partial charge on any atom is -0.378 e. The normalized spacial score (nSPS) is 26.0. The topological polar surface area (TPSA) is 41.6 Å². The predicted octanol–water partition coefficient (Wildman–Crippen LogP) is 1.47. The van der Waals surface area contributed by atoms with Gasteiger partial charge in [-0.25, -0.2) is 0 Å². The Balaban J connectivity index is 0.00000121. The molecule has 0 bridgehead atoms. The van der Waals surface area contributed by atoms with E-state index in [1.165, 1.54) is 18.4 Å². The summed E-state index contributed by atoms with van der Waals surface area (Å²) in [4.78, 5) is 14.6. The maximum absolute atomic E-state index is 12.7. The fourth-order valence-electron chi connectivity index (χ4n) is 3.32. The molecule has 1 aromatic carbocycles. The number of para-hydroxylation sites is 1. The minimum atomic E-state index is -0.185. The lowest BCUT2D eigenvalue weighted by molar-refractivity contribution is -0.123. The first-order valence-corrected chi connectivity index (χ1v) is 7.02. The summed E-state index contributed by atoms with van der Waals surface area (Å²) < 4.78 is 5.41. The van der Waals surface area contributed by atoms with E-state index in [9.17, 15) is 4.79 Å². The minimum absolute atomic E-state index is 0. The molecule has 1 unspecified atom stereocenters. The van der Waals surface area contributed by atoms with Crippen molar-refractivity contribution in [2.75, 3.05) is 31.2 Å². The second-order valence-corrected chi connectivity index (χ2v) is 5.80. The number of hydrogen-bond donors (Lipinski definition) is 1. The molecule has 1 spiro atoms. The highest BCUT2D eigenvalue weighted by atomic mass is 35.5. The average Bonchev–Trinajstić information content (AvgIpc) is 3.18. The van der Waals surface area contributed by atoms with E-state index < -0.39 is 0 Å². The summed E-state index contributed by atoms with van der Waals surface area (Å²) in [5, 5.41) is 3.26. The Labute approximate surface area is 124 Å². The summed E-state index contributed by atoms with van der Waals surface area (Å²) in [5.74, 6) is 0.163. The van der Waals surface area contributed by atoms with Crippen molar-refractivity contribution in [2.24, 2.45) is 0 Å². The van der Waals surface area contributed by atoms with Crippen molar-refractivity contribution < 1.29 is 9.53 Å². The van der Waals surface area contributed by atoms with Crippen LogP contribution in [-0.4, -0.2) is 38.3 Å². The number of nitrogens with one attached hydrogen (secondary N) is 1. The van der Waals surface area contributed by atoms with E-state index in [1.54, 1.807) is 0 Å². The van der Waals surface area contributed by atoms with Crippen LogP contribution in [0.5, 0.6) is 0 Å². The maximum atomic E-state index is 12.7. The van der Waals surface area contributed by atoms with E-state index in [0.29, 0.717) is 13.2 Å². The number of morpholine rings is 1. The molecule has 1 amide bonds. The van der Waals surface area contributed by atoms with Gasteiger partial charge in [0.2, 0.25) is 5.91 Å². The molecular weight excluding hydrogens is 276 g/mol. The molecule has 1 saturated carbocycles. The molecule has 2 fully saturated rings. The third-order valence-corrected chi connectivity index (χ3v) is 4.57. The van der Waals surface area contributed by atoms with Crippen LogP contribution in [0, 0.1) is 0 Å². The van der Waals surface area contributed by atoms with Crippen molar-refractivity contribution in [1.29, 1.82) is 0 Å². The number of ether oxygens (including phenoxy) is 1. The zero-order valence-corrected chi connectivity index (χ0v) is 12.1. The van der Waals surface area contributed by atoms with Gasteiger partial charge in [0.25, 0.3) is 0 Å². The Kier molecular flexibility index (Phi) is 3.48. The van der Waals surface area contributed by atoms with Crippen molar-refractivity contribution in [3.63, 3.8) is 0 Å². The van der Waals surface area contributed by atoms with Crippen LogP contribution in [0.1, 0.15) is 18.4 Å². The van der Waals surface area contributed by atoms with Gasteiger partial charge in [-0.2, -0.15) is 0 Å². The van der Waals surface area contributed by atoms with E-state index >= 15 is 0 Å². The lowest BCUT2D eigenvalue weighted by Gasteiger charge is -2.28. The summed E-state index contributed by atoms with van der Waals surface area (Å²) >= 11 is 0. The number of anilines is 1. The van der Waals surface area contributed by atoms with Crippen LogP contribution in [0.15, 0.2) is 24.3 Å². The maximum Gasteiger partial charge on any atom is 0.246 e. The van der Waals surface area contributed by atoms with Crippen LogP contribution >= 0.6 is 12.4 Å². The molecule has 1 saturated heterocycles.